The van der Waals surface area contributed by atoms with Gasteiger partial charge in [0.05, 0.1) is 12.5 Å². The number of nitriles is 1. The highest BCUT2D eigenvalue weighted by Gasteiger charge is 2.19. The first-order chi connectivity index (χ1) is 11.5. The molecule has 1 N–H and O–H groups in total. The van der Waals surface area contributed by atoms with Crippen LogP contribution < -0.4 is 5.32 Å². The minimum Gasteiger partial charge on any atom is -0.333 e. The zero-order chi connectivity index (χ0) is 17.5. The number of likely N-dealkylation sites (N-methyl/N-ethyl adjacent to an activating group) is 1. The Balaban J connectivity index is 1.97. The number of amides is 2. The van der Waals surface area contributed by atoms with Crippen molar-refractivity contribution in [1.82, 2.24) is 4.90 Å². The molecule has 0 saturated heterocycles. The third-order valence-electron chi connectivity index (χ3n) is 3.70. The highest BCUT2D eigenvalue weighted by molar-refractivity contribution is 6.39. The summed E-state index contributed by atoms with van der Waals surface area (Å²) in [5.41, 5.74) is 3.46. The van der Waals surface area contributed by atoms with Gasteiger partial charge in [0.1, 0.15) is 0 Å². The van der Waals surface area contributed by atoms with Gasteiger partial charge >= 0.3 is 11.8 Å². The van der Waals surface area contributed by atoms with Crippen molar-refractivity contribution in [3.05, 3.63) is 65.2 Å². The molecule has 122 valence electrons. The van der Waals surface area contributed by atoms with Gasteiger partial charge in [0.25, 0.3) is 0 Å². The largest absolute Gasteiger partial charge is 0.333 e. The smallest absolute Gasteiger partial charge is 0.313 e. The van der Waals surface area contributed by atoms with Crippen LogP contribution in [-0.2, 0) is 22.6 Å². The molecule has 0 heterocycles. The molecule has 5 heteroatoms. The highest BCUT2D eigenvalue weighted by Crippen LogP contribution is 2.12. The zero-order valence-corrected chi connectivity index (χ0v) is 13.7. The summed E-state index contributed by atoms with van der Waals surface area (Å²) >= 11 is 0. The second-order valence-corrected chi connectivity index (χ2v) is 5.57. The molecule has 0 unspecified atom stereocenters. The van der Waals surface area contributed by atoms with Crippen LogP contribution in [0.4, 0.5) is 5.69 Å². The van der Waals surface area contributed by atoms with Crippen LogP contribution in [0.1, 0.15) is 16.7 Å². The molecule has 0 aliphatic rings. The summed E-state index contributed by atoms with van der Waals surface area (Å²) in [5, 5.41) is 11.2. The molecule has 0 radical (unpaired) electrons. The Labute approximate surface area is 141 Å². The minimum atomic E-state index is -0.681. The quantitative estimate of drug-likeness (QED) is 0.880. The van der Waals surface area contributed by atoms with Gasteiger partial charge in [-0.2, -0.15) is 5.26 Å². The molecule has 24 heavy (non-hydrogen) atoms. The van der Waals surface area contributed by atoms with Gasteiger partial charge in [-0.25, -0.2) is 0 Å². The first-order valence-electron chi connectivity index (χ1n) is 7.58. The van der Waals surface area contributed by atoms with E-state index in [1.165, 1.54) is 4.90 Å². The van der Waals surface area contributed by atoms with Crippen molar-refractivity contribution >= 4 is 17.5 Å². The Morgan fingerprint density at radius 1 is 1.12 bits per heavy atom. The Kier molecular flexibility index (Phi) is 5.69. The van der Waals surface area contributed by atoms with Gasteiger partial charge in [0, 0.05) is 19.3 Å². The van der Waals surface area contributed by atoms with Crippen LogP contribution in [0.25, 0.3) is 0 Å². The topological polar surface area (TPSA) is 73.2 Å². The molecule has 2 amide bonds. The highest BCUT2D eigenvalue weighted by atomic mass is 16.2. The molecule has 5 nitrogen and oxygen atoms in total. The number of aryl methyl sites for hydroxylation is 1. The lowest BCUT2D eigenvalue weighted by atomic mass is 10.1. The normalized spacial score (nSPS) is 9.88. The average Bonchev–Trinajstić information content (AvgIpc) is 2.58. The predicted molar refractivity (Wildman–Crippen MR) is 92.0 cm³/mol. The fourth-order valence-electron chi connectivity index (χ4n) is 2.27. The Morgan fingerprint density at radius 3 is 2.42 bits per heavy atom. The molecular formula is C19H19N3O2. The number of nitrogens with one attached hydrogen (secondary N) is 1. The summed E-state index contributed by atoms with van der Waals surface area (Å²) in [6.07, 6.45) is 0.312. The number of nitrogens with zero attached hydrogens (tertiary/aromatic N) is 2. The van der Waals surface area contributed by atoms with E-state index in [1.54, 1.807) is 31.3 Å². The van der Waals surface area contributed by atoms with Crippen LogP contribution in [0.5, 0.6) is 0 Å². The number of carbonyl (C=O) groups is 2. The van der Waals surface area contributed by atoms with Crippen LogP contribution in [0.2, 0.25) is 0 Å². The van der Waals surface area contributed by atoms with Gasteiger partial charge in [-0.3, -0.25) is 9.59 Å². The van der Waals surface area contributed by atoms with E-state index in [0.717, 1.165) is 16.7 Å². The summed E-state index contributed by atoms with van der Waals surface area (Å²) in [6.45, 7) is 2.34. The van der Waals surface area contributed by atoms with E-state index < -0.39 is 11.8 Å². The molecule has 0 atom stereocenters. The molecule has 0 aliphatic heterocycles. The standard InChI is InChI=1S/C19H19N3O2/c1-14-5-3-4-6-16(14)13-22(2)19(24)18(23)21-17-9-7-15(8-10-17)11-12-20/h3-10H,11,13H2,1-2H3,(H,21,23). The van der Waals surface area contributed by atoms with Crippen molar-refractivity contribution in [1.29, 1.82) is 5.26 Å². The molecule has 0 spiro atoms. The molecule has 0 aliphatic carbocycles. The van der Waals surface area contributed by atoms with Crippen molar-refractivity contribution in [3.8, 4) is 6.07 Å². The molecule has 0 bridgehead atoms. The molecular weight excluding hydrogens is 302 g/mol. The minimum absolute atomic E-state index is 0.312. The van der Waals surface area contributed by atoms with Crippen LogP contribution in [0.15, 0.2) is 48.5 Å². The number of benzene rings is 2. The van der Waals surface area contributed by atoms with Gasteiger partial charge < -0.3 is 10.2 Å². The third kappa shape index (κ3) is 4.43. The van der Waals surface area contributed by atoms with Gasteiger partial charge in [0.2, 0.25) is 0 Å². The van der Waals surface area contributed by atoms with E-state index in [-0.39, 0.29) is 0 Å². The second kappa shape index (κ2) is 7.93. The number of carbonyl (C=O) groups excluding carboxylic acids is 2. The third-order valence-corrected chi connectivity index (χ3v) is 3.70. The van der Waals surface area contributed by atoms with E-state index in [9.17, 15) is 9.59 Å². The van der Waals surface area contributed by atoms with E-state index in [2.05, 4.69) is 11.4 Å². The summed E-state index contributed by atoms with van der Waals surface area (Å²) in [6, 6.07) is 16.7. The first-order valence-corrected chi connectivity index (χ1v) is 7.58. The van der Waals surface area contributed by atoms with E-state index in [1.807, 2.05) is 31.2 Å². The lowest BCUT2D eigenvalue weighted by Crippen LogP contribution is -2.36. The summed E-state index contributed by atoms with van der Waals surface area (Å²) in [4.78, 5) is 25.7. The maximum atomic E-state index is 12.2. The Hall–Kier alpha value is -3.13. The van der Waals surface area contributed by atoms with Gasteiger partial charge in [-0.1, -0.05) is 36.4 Å². The first kappa shape index (κ1) is 17.2. The lowest BCUT2D eigenvalue weighted by molar-refractivity contribution is -0.142. The number of anilines is 1. The second-order valence-electron chi connectivity index (χ2n) is 5.57. The van der Waals surface area contributed by atoms with E-state index in [0.29, 0.717) is 18.7 Å². The van der Waals surface area contributed by atoms with Gasteiger partial charge in [0.15, 0.2) is 0 Å². The zero-order valence-electron chi connectivity index (χ0n) is 13.7. The van der Waals surface area contributed by atoms with Crippen molar-refractivity contribution in [3.63, 3.8) is 0 Å². The summed E-state index contributed by atoms with van der Waals surface area (Å²) in [5.74, 6) is -1.28. The molecule has 2 rings (SSSR count). The summed E-state index contributed by atoms with van der Waals surface area (Å²) in [7, 11) is 1.60. The van der Waals surface area contributed by atoms with Crippen LogP contribution >= 0.6 is 0 Å². The monoisotopic (exact) mass is 321 g/mol. The summed E-state index contributed by atoms with van der Waals surface area (Å²) < 4.78 is 0. The Morgan fingerprint density at radius 2 is 1.79 bits per heavy atom. The van der Waals surface area contributed by atoms with Crippen molar-refractivity contribution in [2.75, 3.05) is 12.4 Å². The molecule has 2 aromatic rings. The maximum Gasteiger partial charge on any atom is 0.313 e. The molecule has 0 fully saturated rings. The van der Waals surface area contributed by atoms with Crippen molar-refractivity contribution in [2.45, 2.75) is 19.9 Å². The predicted octanol–water partition coefficient (Wildman–Crippen LogP) is 2.66. The van der Waals surface area contributed by atoms with Crippen LogP contribution in [-0.4, -0.2) is 23.8 Å². The van der Waals surface area contributed by atoms with Gasteiger partial charge in [-0.15, -0.1) is 0 Å². The van der Waals surface area contributed by atoms with Crippen LogP contribution in [0, 0.1) is 18.3 Å². The molecule has 2 aromatic carbocycles. The number of hydrogen-bond acceptors (Lipinski definition) is 3. The number of rotatable bonds is 4. The van der Waals surface area contributed by atoms with Crippen molar-refractivity contribution < 1.29 is 9.59 Å². The number of hydrogen-bond donors (Lipinski definition) is 1. The van der Waals surface area contributed by atoms with Crippen LogP contribution in [0.3, 0.4) is 0 Å². The Bertz CT molecular complexity index is 776. The fraction of sp³-hybridized carbons (Fsp3) is 0.211. The molecule has 0 aromatic heterocycles. The fourth-order valence-corrected chi connectivity index (χ4v) is 2.27. The maximum absolute atomic E-state index is 12.2. The lowest BCUT2D eigenvalue weighted by Gasteiger charge is -2.18. The van der Waals surface area contributed by atoms with E-state index >= 15 is 0 Å². The van der Waals surface area contributed by atoms with Gasteiger partial charge in [-0.05, 0) is 35.7 Å². The molecule has 0 saturated carbocycles. The van der Waals surface area contributed by atoms with Crippen molar-refractivity contribution in [2.24, 2.45) is 0 Å². The SMILES string of the molecule is Cc1ccccc1CN(C)C(=O)C(=O)Nc1ccc(CC#N)cc1. The average molecular weight is 321 g/mol. The van der Waals surface area contributed by atoms with E-state index in [4.69, 9.17) is 5.26 Å².